The maximum atomic E-state index is 4.38. The van der Waals surface area contributed by atoms with E-state index < -0.39 is 0 Å². The van der Waals surface area contributed by atoms with E-state index in [1.807, 2.05) is 14.1 Å². The molecule has 0 saturated carbocycles. The normalized spacial score (nSPS) is 9.57. The van der Waals surface area contributed by atoms with Gasteiger partial charge in [0, 0.05) is 14.1 Å². The molecule has 0 aliphatic heterocycles. The van der Waals surface area contributed by atoms with Crippen LogP contribution in [0.3, 0.4) is 0 Å². The van der Waals surface area contributed by atoms with Crippen molar-refractivity contribution in [1.29, 1.82) is 0 Å². The van der Waals surface area contributed by atoms with Gasteiger partial charge in [-0.3, -0.25) is 0 Å². The van der Waals surface area contributed by atoms with Gasteiger partial charge in [0.05, 0.1) is 0 Å². The van der Waals surface area contributed by atoms with Crippen LogP contribution in [0.15, 0.2) is 5.16 Å². The minimum Gasteiger partial charge on any atom is -0.398 e. The summed E-state index contributed by atoms with van der Waals surface area (Å²) in [6.45, 7) is 0. The van der Waals surface area contributed by atoms with Crippen LogP contribution in [-0.2, 0) is 4.84 Å². The van der Waals surface area contributed by atoms with Gasteiger partial charge in [0.1, 0.15) is 13.4 Å². The second-order valence-corrected chi connectivity index (χ2v) is 1.37. The van der Waals surface area contributed by atoms with Gasteiger partial charge in [-0.1, -0.05) is 5.16 Å². The van der Waals surface area contributed by atoms with Crippen molar-refractivity contribution in [3.05, 3.63) is 0 Å². The Morgan fingerprint density at radius 2 is 2.14 bits per heavy atom. The first-order chi connectivity index (χ1) is 3.27. The molecule has 0 aromatic carbocycles. The third-order valence-electron chi connectivity index (χ3n) is 0.383. The molecule has 3 heteroatoms. The fraction of sp³-hybridized carbons (Fsp3) is 0.750. The summed E-state index contributed by atoms with van der Waals surface area (Å²) in [6.07, 6.45) is 1.58. The van der Waals surface area contributed by atoms with Gasteiger partial charge in [-0.25, -0.2) is 0 Å². The molecule has 0 rings (SSSR count). The first kappa shape index (κ1) is 6.27. The Labute approximate surface area is 43.6 Å². The molecule has 0 N–H and O–H groups in total. The first-order valence-corrected chi connectivity index (χ1v) is 2.00. The molecule has 0 bridgehead atoms. The van der Waals surface area contributed by atoms with E-state index >= 15 is 0 Å². The minimum absolute atomic E-state index is 1.51. The molecule has 0 heterocycles. The van der Waals surface area contributed by atoms with E-state index in [0.29, 0.717) is 0 Å². The fourth-order valence-electron chi connectivity index (χ4n) is 0.141. The molecule has 0 fully saturated rings. The molecule has 0 spiro atoms. The minimum atomic E-state index is 1.51. The summed E-state index contributed by atoms with van der Waals surface area (Å²) in [5.74, 6) is 0. The van der Waals surface area contributed by atoms with Gasteiger partial charge in [0.15, 0.2) is 0 Å². The highest BCUT2D eigenvalue weighted by Crippen LogP contribution is 1.65. The molecule has 0 aliphatic rings. The van der Waals surface area contributed by atoms with Crippen molar-refractivity contribution in [3.8, 4) is 0 Å². The van der Waals surface area contributed by atoms with Crippen molar-refractivity contribution in [2.45, 2.75) is 0 Å². The fourth-order valence-corrected chi connectivity index (χ4v) is 0.141. The average Bonchev–Trinajstić information content (AvgIpc) is 1.61. The lowest BCUT2D eigenvalue weighted by Gasteiger charge is -1.99. The van der Waals surface area contributed by atoms with Crippen molar-refractivity contribution < 1.29 is 4.84 Å². The summed E-state index contributed by atoms with van der Waals surface area (Å²) in [5.41, 5.74) is 0. The Balaban J connectivity index is 3.08. The third kappa shape index (κ3) is 5.27. The van der Waals surface area contributed by atoms with E-state index in [1.165, 1.54) is 7.11 Å². The third-order valence-corrected chi connectivity index (χ3v) is 0.383. The summed E-state index contributed by atoms with van der Waals surface area (Å²) >= 11 is 0. The smallest absolute Gasteiger partial charge is 0.130 e. The topological polar surface area (TPSA) is 24.8 Å². The van der Waals surface area contributed by atoms with Crippen molar-refractivity contribution in [2.75, 3.05) is 21.2 Å². The second-order valence-electron chi connectivity index (χ2n) is 1.37. The van der Waals surface area contributed by atoms with E-state index in [9.17, 15) is 0 Å². The predicted molar refractivity (Wildman–Crippen MR) is 29.2 cm³/mol. The number of hydrogen-bond acceptors (Lipinski definition) is 2. The highest BCUT2D eigenvalue weighted by molar-refractivity contribution is 5.52. The maximum absolute atomic E-state index is 4.38. The van der Waals surface area contributed by atoms with Gasteiger partial charge < -0.3 is 9.74 Å². The number of hydrogen-bond donors (Lipinski definition) is 0. The lowest BCUT2D eigenvalue weighted by molar-refractivity contribution is 0.211. The quantitative estimate of drug-likeness (QED) is 0.281. The Bertz CT molecular complexity index is 60.7. The van der Waals surface area contributed by atoms with Crippen LogP contribution in [0.2, 0.25) is 0 Å². The van der Waals surface area contributed by atoms with Crippen LogP contribution < -0.4 is 0 Å². The van der Waals surface area contributed by atoms with Crippen LogP contribution in [0.25, 0.3) is 0 Å². The maximum Gasteiger partial charge on any atom is 0.130 e. The van der Waals surface area contributed by atoms with Crippen molar-refractivity contribution in [1.82, 2.24) is 4.90 Å². The second kappa shape index (κ2) is 3.46. The number of nitrogens with zero attached hydrogens (tertiary/aromatic N) is 2. The molecule has 0 aromatic heterocycles. The Hall–Kier alpha value is -0.730. The van der Waals surface area contributed by atoms with Crippen LogP contribution in [0.5, 0.6) is 0 Å². The van der Waals surface area contributed by atoms with Crippen LogP contribution in [0.1, 0.15) is 0 Å². The predicted octanol–water partition coefficient (Wildman–Crippen LogP) is 0.138. The lowest BCUT2D eigenvalue weighted by Crippen LogP contribution is -2.07. The molecule has 0 aromatic rings. The lowest BCUT2D eigenvalue weighted by atomic mass is 11.0. The van der Waals surface area contributed by atoms with Gasteiger partial charge >= 0.3 is 0 Å². The summed E-state index contributed by atoms with van der Waals surface area (Å²) in [7, 11) is 5.27. The number of oxime groups is 1. The average molecular weight is 102 g/mol. The van der Waals surface area contributed by atoms with Crippen LogP contribution in [-0.4, -0.2) is 32.4 Å². The van der Waals surface area contributed by atoms with Gasteiger partial charge in [0.25, 0.3) is 0 Å². The monoisotopic (exact) mass is 102 g/mol. The van der Waals surface area contributed by atoms with Crippen molar-refractivity contribution >= 4 is 6.34 Å². The molecule has 7 heavy (non-hydrogen) atoms. The first-order valence-electron chi connectivity index (χ1n) is 2.00. The van der Waals surface area contributed by atoms with Gasteiger partial charge in [-0.05, 0) is 0 Å². The van der Waals surface area contributed by atoms with Crippen LogP contribution >= 0.6 is 0 Å². The molecular weight excluding hydrogens is 92.1 g/mol. The molecule has 0 saturated heterocycles. The Morgan fingerprint density at radius 3 is 2.29 bits per heavy atom. The molecule has 0 atom stereocenters. The SMILES string of the molecule is CO/N=C\N(C)C. The van der Waals surface area contributed by atoms with Crippen molar-refractivity contribution in [3.63, 3.8) is 0 Å². The highest BCUT2D eigenvalue weighted by atomic mass is 16.6. The van der Waals surface area contributed by atoms with Gasteiger partial charge in [-0.2, -0.15) is 0 Å². The Morgan fingerprint density at radius 1 is 1.57 bits per heavy atom. The highest BCUT2D eigenvalue weighted by Gasteiger charge is 1.71. The number of rotatable bonds is 2. The molecule has 42 valence electrons. The zero-order valence-electron chi connectivity index (χ0n) is 4.88. The molecule has 3 nitrogen and oxygen atoms in total. The zero-order valence-corrected chi connectivity index (χ0v) is 4.88. The summed E-state index contributed by atoms with van der Waals surface area (Å²) < 4.78 is 0. The summed E-state index contributed by atoms with van der Waals surface area (Å²) in [5, 5.41) is 3.47. The van der Waals surface area contributed by atoms with Gasteiger partial charge in [0.2, 0.25) is 0 Å². The van der Waals surface area contributed by atoms with E-state index in [4.69, 9.17) is 0 Å². The van der Waals surface area contributed by atoms with E-state index in [0.717, 1.165) is 0 Å². The summed E-state index contributed by atoms with van der Waals surface area (Å²) in [6, 6.07) is 0. The van der Waals surface area contributed by atoms with Crippen LogP contribution in [0.4, 0.5) is 0 Å². The van der Waals surface area contributed by atoms with Crippen LogP contribution in [0, 0.1) is 0 Å². The molecule has 0 unspecified atom stereocenters. The van der Waals surface area contributed by atoms with Gasteiger partial charge in [-0.15, -0.1) is 0 Å². The van der Waals surface area contributed by atoms with E-state index in [2.05, 4.69) is 9.99 Å². The largest absolute Gasteiger partial charge is 0.398 e. The zero-order chi connectivity index (χ0) is 5.70. The molecule has 0 radical (unpaired) electrons. The molecule has 0 amide bonds. The molecular formula is C4H10N2O. The van der Waals surface area contributed by atoms with Crippen molar-refractivity contribution in [2.24, 2.45) is 5.16 Å². The molecule has 0 aliphatic carbocycles. The van der Waals surface area contributed by atoms with E-state index in [1.54, 1.807) is 11.2 Å². The van der Waals surface area contributed by atoms with E-state index in [-0.39, 0.29) is 0 Å². The standard InChI is InChI=1S/C4H10N2O/c1-6(2)4-5-7-3/h4H,1-3H3/b5-4-. The Kier molecular flexibility index (Phi) is 3.10. The summed E-state index contributed by atoms with van der Waals surface area (Å²) in [4.78, 5) is 6.18.